The first kappa shape index (κ1) is 21.4. The molecule has 1 fully saturated rings. The molecule has 0 radical (unpaired) electrons. The van der Waals surface area contributed by atoms with Crippen molar-refractivity contribution in [1.82, 2.24) is 15.1 Å². The number of ether oxygens (including phenoxy) is 1. The number of guanidine groups is 1. The van der Waals surface area contributed by atoms with Crippen LogP contribution in [0.2, 0.25) is 0 Å². The second kappa shape index (κ2) is 11.0. The lowest BCUT2D eigenvalue weighted by Crippen LogP contribution is -2.53. The SMILES string of the molecule is CCNC(=NCCN(C)CCOC)N1CCN(c2cc(F)ccc2F)CC1. The smallest absolute Gasteiger partial charge is 0.194 e. The van der Waals surface area contributed by atoms with E-state index in [1.165, 1.54) is 12.1 Å². The number of rotatable bonds is 8. The maximum atomic E-state index is 14.0. The van der Waals surface area contributed by atoms with E-state index >= 15 is 0 Å². The van der Waals surface area contributed by atoms with Gasteiger partial charge in [0.2, 0.25) is 0 Å². The van der Waals surface area contributed by atoms with E-state index in [1.54, 1.807) is 7.11 Å². The Balaban J connectivity index is 1.90. The molecule has 1 aliphatic heterocycles. The van der Waals surface area contributed by atoms with Gasteiger partial charge in [0.1, 0.15) is 11.6 Å². The zero-order valence-electron chi connectivity index (χ0n) is 16.5. The molecule has 0 atom stereocenters. The summed E-state index contributed by atoms with van der Waals surface area (Å²) in [4.78, 5) is 11.0. The first-order valence-electron chi connectivity index (χ1n) is 9.46. The molecule has 1 aliphatic rings. The third kappa shape index (κ3) is 6.62. The summed E-state index contributed by atoms with van der Waals surface area (Å²) < 4.78 is 32.5. The number of benzene rings is 1. The van der Waals surface area contributed by atoms with Crippen LogP contribution < -0.4 is 10.2 Å². The van der Waals surface area contributed by atoms with Crippen molar-refractivity contribution in [2.45, 2.75) is 6.92 Å². The molecule has 0 saturated carbocycles. The van der Waals surface area contributed by atoms with Gasteiger partial charge in [0, 0.05) is 59.0 Å². The molecule has 1 heterocycles. The van der Waals surface area contributed by atoms with Crippen molar-refractivity contribution in [2.24, 2.45) is 4.99 Å². The fourth-order valence-electron chi connectivity index (χ4n) is 3.00. The molecule has 27 heavy (non-hydrogen) atoms. The van der Waals surface area contributed by atoms with Crippen molar-refractivity contribution in [3.8, 4) is 0 Å². The quantitative estimate of drug-likeness (QED) is 0.546. The Hall–Kier alpha value is -1.93. The van der Waals surface area contributed by atoms with Crippen LogP contribution in [0.3, 0.4) is 0 Å². The van der Waals surface area contributed by atoms with Gasteiger partial charge in [-0.2, -0.15) is 0 Å². The average Bonchev–Trinajstić information content (AvgIpc) is 2.68. The zero-order valence-corrected chi connectivity index (χ0v) is 16.5. The summed E-state index contributed by atoms with van der Waals surface area (Å²) in [6.45, 7) is 8.63. The van der Waals surface area contributed by atoms with Crippen molar-refractivity contribution >= 4 is 11.6 Å². The molecule has 6 nitrogen and oxygen atoms in total. The van der Waals surface area contributed by atoms with E-state index in [-0.39, 0.29) is 5.82 Å². The predicted molar refractivity (Wildman–Crippen MR) is 105 cm³/mol. The molecule has 0 unspecified atom stereocenters. The van der Waals surface area contributed by atoms with Gasteiger partial charge in [-0.05, 0) is 26.1 Å². The van der Waals surface area contributed by atoms with Crippen molar-refractivity contribution in [3.63, 3.8) is 0 Å². The molecule has 1 N–H and O–H groups in total. The molecule has 0 amide bonds. The van der Waals surface area contributed by atoms with Gasteiger partial charge in [0.25, 0.3) is 0 Å². The van der Waals surface area contributed by atoms with Crippen LogP contribution in [-0.2, 0) is 4.74 Å². The minimum Gasteiger partial charge on any atom is -0.383 e. The molecule has 0 aliphatic carbocycles. The Labute approximate surface area is 160 Å². The monoisotopic (exact) mass is 383 g/mol. The Morgan fingerprint density at radius 2 is 1.96 bits per heavy atom. The zero-order chi connectivity index (χ0) is 19.6. The van der Waals surface area contributed by atoms with Crippen molar-refractivity contribution in [3.05, 3.63) is 29.8 Å². The highest BCUT2D eigenvalue weighted by Crippen LogP contribution is 2.21. The number of halogens is 2. The van der Waals surface area contributed by atoms with E-state index in [9.17, 15) is 8.78 Å². The fourth-order valence-corrected chi connectivity index (χ4v) is 3.00. The molecule has 0 spiro atoms. The maximum Gasteiger partial charge on any atom is 0.194 e. The van der Waals surface area contributed by atoms with Crippen LogP contribution in [-0.4, -0.2) is 88.9 Å². The van der Waals surface area contributed by atoms with Crippen molar-refractivity contribution in [1.29, 1.82) is 0 Å². The van der Waals surface area contributed by atoms with E-state index in [4.69, 9.17) is 9.73 Å². The molecule has 0 bridgehead atoms. The van der Waals surface area contributed by atoms with Crippen LogP contribution in [0.5, 0.6) is 0 Å². The summed E-state index contributed by atoms with van der Waals surface area (Å²) in [5, 5.41) is 3.32. The third-order valence-electron chi connectivity index (χ3n) is 4.58. The summed E-state index contributed by atoms with van der Waals surface area (Å²) in [6.07, 6.45) is 0. The van der Waals surface area contributed by atoms with E-state index in [0.29, 0.717) is 45.0 Å². The Morgan fingerprint density at radius 3 is 2.63 bits per heavy atom. The first-order chi connectivity index (χ1) is 13.0. The topological polar surface area (TPSA) is 43.3 Å². The minimum absolute atomic E-state index is 0.330. The third-order valence-corrected chi connectivity index (χ3v) is 4.58. The normalized spacial score (nSPS) is 15.6. The number of hydrogen-bond donors (Lipinski definition) is 1. The predicted octanol–water partition coefficient (Wildman–Crippen LogP) is 1.63. The van der Waals surface area contributed by atoms with Crippen molar-refractivity contribution in [2.75, 3.05) is 78.0 Å². The number of piperazine rings is 1. The molecular weight excluding hydrogens is 352 g/mol. The van der Waals surface area contributed by atoms with Gasteiger partial charge in [-0.3, -0.25) is 4.99 Å². The van der Waals surface area contributed by atoms with Gasteiger partial charge in [-0.1, -0.05) is 0 Å². The van der Waals surface area contributed by atoms with E-state index in [2.05, 4.69) is 15.1 Å². The van der Waals surface area contributed by atoms with Crippen LogP contribution in [0, 0.1) is 11.6 Å². The average molecular weight is 383 g/mol. The summed E-state index contributed by atoms with van der Waals surface area (Å²) in [6, 6.07) is 3.59. The van der Waals surface area contributed by atoms with E-state index < -0.39 is 5.82 Å². The van der Waals surface area contributed by atoms with Crippen LogP contribution >= 0.6 is 0 Å². The molecule has 2 rings (SSSR count). The number of nitrogens with one attached hydrogen (secondary N) is 1. The molecule has 0 aromatic heterocycles. The van der Waals surface area contributed by atoms with Gasteiger partial charge in [0.05, 0.1) is 18.8 Å². The number of nitrogens with zero attached hydrogens (tertiary/aromatic N) is 4. The number of anilines is 1. The molecule has 1 saturated heterocycles. The van der Waals surface area contributed by atoms with Gasteiger partial charge in [-0.25, -0.2) is 8.78 Å². The Bertz CT molecular complexity index is 606. The lowest BCUT2D eigenvalue weighted by molar-refractivity contribution is 0.163. The fraction of sp³-hybridized carbons (Fsp3) is 0.632. The maximum absolute atomic E-state index is 14.0. The standard InChI is InChI=1S/C19H31F2N5O/c1-4-22-19(23-7-8-24(2)13-14-27-3)26-11-9-25(10-12-26)18-15-16(20)5-6-17(18)21/h5-6,15H,4,7-14H2,1-3H3,(H,22,23). The van der Waals surface area contributed by atoms with E-state index in [0.717, 1.165) is 31.7 Å². The van der Waals surface area contributed by atoms with Gasteiger partial charge < -0.3 is 24.8 Å². The Kier molecular flexibility index (Phi) is 8.74. The summed E-state index contributed by atoms with van der Waals surface area (Å²) in [5.74, 6) is 0.0721. The first-order valence-corrected chi connectivity index (χ1v) is 9.46. The van der Waals surface area contributed by atoms with Crippen LogP contribution in [0.4, 0.5) is 14.5 Å². The highest BCUT2D eigenvalue weighted by Gasteiger charge is 2.22. The van der Waals surface area contributed by atoms with Crippen molar-refractivity contribution < 1.29 is 13.5 Å². The van der Waals surface area contributed by atoms with Crippen LogP contribution in [0.1, 0.15) is 6.92 Å². The highest BCUT2D eigenvalue weighted by molar-refractivity contribution is 5.80. The summed E-state index contributed by atoms with van der Waals surface area (Å²) >= 11 is 0. The lowest BCUT2D eigenvalue weighted by atomic mass is 10.2. The van der Waals surface area contributed by atoms with Gasteiger partial charge in [0.15, 0.2) is 5.96 Å². The van der Waals surface area contributed by atoms with Crippen LogP contribution in [0.15, 0.2) is 23.2 Å². The molecule has 152 valence electrons. The summed E-state index contributed by atoms with van der Waals surface area (Å²) in [7, 11) is 3.75. The summed E-state index contributed by atoms with van der Waals surface area (Å²) in [5.41, 5.74) is 0.330. The Morgan fingerprint density at radius 1 is 1.22 bits per heavy atom. The molecule has 8 heteroatoms. The number of hydrogen-bond acceptors (Lipinski definition) is 4. The highest BCUT2D eigenvalue weighted by atomic mass is 19.1. The molecule has 1 aromatic carbocycles. The minimum atomic E-state index is -0.415. The largest absolute Gasteiger partial charge is 0.383 e. The number of aliphatic imine (C=N–C) groups is 1. The van der Waals surface area contributed by atoms with Gasteiger partial charge >= 0.3 is 0 Å². The lowest BCUT2D eigenvalue weighted by Gasteiger charge is -2.37. The number of methoxy groups -OCH3 is 1. The second-order valence-corrected chi connectivity index (χ2v) is 6.60. The molecule has 1 aromatic rings. The second-order valence-electron chi connectivity index (χ2n) is 6.60. The van der Waals surface area contributed by atoms with Gasteiger partial charge in [-0.15, -0.1) is 0 Å². The van der Waals surface area contributed by atoms with E-state index in [1.807, 2.05) is 18.9 Å². The number of likely N-dealkylation sites (N-methyl/N-ethyl adjacent to an activating group) is 1. The van der Waals surface area contributed by atoms with Crippen LogP contribution in [0.25, 0.3) is 0 Å². The molecular formula is C19H31F2N5O.